The fraction of sp³-hybridized carbons (Fsp3) is 0. The van der Waals surface area contributed by atoms with E-state index in [0.717, 1.165) is 5.75 Å². The van der Waals surface area contributed by atoms with Gasteiger partial charge >= 0.3 is 0 Å². The lowest BCUT2D eigenvalue weighted by Crippen LogP contribution is -2.14. The lowest BCUT2D eigenvalue weighted by atomic mass is 10.1. The Balaban J connectivity index is 1.31. The molecule has 0 unspecified atom stereocenters. The summed E-state index contributed by atoms with van der Waals surface area (Å²) >= 11 is 0. The summed E-state index contributed by atoms with van der Waals surface area (Å²) in [6, 6.07) is 28.4. The molecule has 1 heterocycles. The van der Waals surface area contributed by atoms with E-state index in [-0.39, 0.29) is 11.8 Å². The monoisotopic (exact) mass is 422 g/mol. The van der Waals surface area contributed by atoms with Crippen molar-refractivity contribution in [1.82, 2.24) is 0 Å². The van der Waals surface area contributed by atoms with Crippen LogP contribution >= 0.6 is 0 Å². The summed E-state index contributed by atoms with van der Waals surface area (Å²) in [5.74, 6) is 1.74. The third-order valence-electron chi connectivity index (χ3n) is 4.93. The summed E-state index contributed by atoms with van der Waals surface area (Å²) in [6.45, 7) is 0. The van der Waals surface area contributed by atoms with Crippen LogP contribution in [0.15, 0.2) is 97.1 Å². The number of anilines is 2. The van der Waals surface area contributed by atoms with Gasteiger partial charge in [-0.05, 0) is 66.7 Å². The van der Waals surface area contributed by atoms with Crippen molar-refractivity contribution in [3.8, 4) is 23.0 Å². The van der Waals surface area contributed by atoms with Gasteiger partial charge in [0, 0.05) is 11.3 Å². The van der Waals surface area contributed by atoms with E-state index in [4.69, 9.17) is 9.47 Å². The molecule has 2 amide bonds. The van der Waals surface area contributed by atoms with Crippen LogP contribution in [0.1, 0.15) is 20.7 Å². The normalized spacial score (nSPS) is 11.8. The fourth-order valence-electron chi connectivity index (χ4n) is 3.34. The molecule has 0 bridgehead atoms. The van der Waals surface area contributed by atoms with Gasteiger partial charge in [0.2, 0.25) is 0 Å². The van der Waals surface area contributed by atoms with Crippen molar-refractivity contribution < 1.29 is 19.1 Å². The van der Waals surface area contributed by atoms with E-state index in [0.29, 0.717) is 39.8 Å². The Morgan fingerprint density at radius 3 is 2.31 bits per heavy atom. The van der Waals surface area contributed by atoms with Crippen LogP contribution < -0.4 is 20.1 Å². The number of rotatable bonds is 4. The molecule has 0 aromatic heterocycles. The molecule has 5 rings (SSSR count). The maximum Gasteiger partial charge on any atom is 0.259 e. The lowest BCUT2D eigenvalue weighted by molar-refractivity contribution is 0.101. The summed E-state index contributed by atoms with van der Waals surface area (Å²) in [5.41, 5.74) is 1.89. The van der Waals surface area contributed by atoms with Gasteiger partial charge in [-0.2, -0.15) is 0 Å². The largest absolute Gasteiger partial charge is 0.457 e. The third-order valence-corrected chi connectivity index (χ3v) is 4.93. The Morgan fingerprint density at radius 2 is 1.50 bits per heavy atom. The topological polar surface area (TPSA) is 76.7 Å². The minimum absolute atomic E-state index is 0.297. The molecule has 4 aromatic carbocycles. The summed E-state index contributed by atoms with van der Waals surface area (Å²) in [4.78, 5) is 25.3. The van der Waals surface area contributed by atoms with E-state index < -0.39 is 0 Å². The SMILES string of the molecule is O=C(Nc1ccc2c(c1)C(=O)Nc1ccccc1O2)c1ccc(Oc2ccccc2)cc1. The van der Waals surface area contributed by atoms with E-state index in [1.807, 2.05) is 42.5 Å². The third kappa shape index (κ3) is 4.02. The van der Waals surface area contributed by atoms with Gasteiger partial charge in [-0.1, -0.05) is 30.3 Å². The van der Waals surface area contributed by atoms with E-state index in [9.17, 15) is 9.59 Å². The summed E-state index contributed by atoms with van der Waals surface area (Å²) in [7, 11) is 0. The van der Waals surface area contributed by atoms with Crippen molar-refractivity contribution in [1.29, 1.82) is 0 Å². The van der Waals surface area contributed by atoms with Gasteiger partial charge in [-0.3, -0.25) is 9.59 Å². The average Bonchev–Trinajstić information content (AvgIpc) is 2.96. The Kier molecular flexibility index (Phi) is 5.01. The Bertz CT molecular complexity index is 1300. The maximum atomic E-state index is 12.7. The van der Waals surface area contributed by atoms with Crippen molar-refractivity contribution >= 4 is 23.2 Å². The average molecular weight is 422 g/mol. The zero-order chi connectivity index (χ0) is 21.9. The molecule has 0 saturated carbocycles. The molecule has 6 heteroatoms. The van der Waals surface area contributed by atoms with Crippen molar-refractivity contribution in [3.05, 3.63) is 108 Å². The maximum absolute atomic E-state index is 12.7. The number of hydrogen-bond acceptors (Lipinski definition) is 4. The quantitative estimate of drug-likeness (QED) is 0.417. The van der Waals surface area contributed by atoms with Gasteiger partial charge in [0.25, 0.3) is 11.8 Å². The summed E-state index contributed by atoms with van der Waals surface area (Å²) < 4.78 is 11.6. The Hall–Kier alpha value is -4.58. The van der Waals surface area contributed by atoms with E-state index in [1.165, 1.54) is 0 Å². The second-order valence-corrected chi connectivity index (χ2v) is 7.16. The van der Waals surface area contributed by atoms with Crippen LogP contribution in [-0.2, 0) is 0 Å². The van der Waals surface area contributed by atoms with Gasteiger partial charge in [0.15, 0.2) is 5.75 Å². The highest BCUT2D eigenvalue weighted by molar-refractivity contribution is 6.10. The molecule has 0 aliphatic carbocycles. The molecular formula is C26H18N2O4. The van der Waals surface area contributed by atoms with Crippen LogP contribution in [0.3, 0.4) is 0 Å². The summed E-state index contributed by atoms with van der Waals surface area (Å²) in [6.07, 6.45) is 0. The number of nitrogens with one attached hydrogen (secondary N) is 2. The van der Waals surface area contributed by atoms with Gasteiger partial charge < -0.3 is 20.1 Å². The van der Waals surface area contributed by atoms with E-state index >= 15 is 0 Å². The first kappa shape index (κ1) is 19.4. The first-order chi connectivity index (χ1) is 15.7. The van der Waals surface area contributed by atoms with Crippen molar-refractivity contribution in [2.45, 2.75) is 0 Å². The number of para-hydroxylation sites is 3. The van der Waals surface area contributed by atoms with Crippen LogP contribution in [0, 0.1) is 0 Å². The highest BCUT2D eigenvalue weighted by atomic mass is 16.5. The number of ether oxygens (including phenoxy) is 2. The molecular weight excluding hydrogens is 404 g/mol. The van der Waals surface area contributed by atoms with Gasteiger partial charge in [-0.25, -0.2) is 0 Å². The van der Waals surface area contributed by atoms with Crippen LogP contribution in [0.25, 0.3) is 0 Å². The molecule has 1 aliphatic rings. The second-order valence-electron chi connectivity index (χ2n) is 7.16. The van der Waals surface area contributed by atoms with E-state index in [2.05, 4.69) is 10.6 Å². The molecule has 2 N–H and O–H groups in total. The smallest absolute Gasteiger partial charge is 0.259 e. The number of benzene rings is 4. The van der Waals surface area contributed by atoms with Gasteiger partial charge in [0.05, 0.1) is 11.3 Å². The van der Waals surface area contributed by atoms with Gasteiger partial charge in [0.1, 0.15) is 17.2 Å². The zero-order valence-corrected chi connectivity index (χ0v) is 16.9. The Labute approximate surface area is 184 Å². The first-order valence-corrected chi connectivity index (χ1v) is 10.0. The molecule has 1 aliphatic heterocycles. The summed E-state index contributed by atoms with van der Waals surface area (Å²) in [5, 5.41) is 5.65. The molecule has 0 spiro atoms. The molecule has 156 valence electrons. The predicted octanol–water partition coefficient (Wildman–Crippen LogP) is 6.09. The predicted molar refractivity (Wildman–Crippen MR) is 122 cm³/mol. The van der Waals surface area contributed by atoms with Crippen LogP contribution in [-0.4, -0.2) is 11.8 Å². The number of carbonyl (C=O) groups is 2. The molecule has 0 atom stereocenters. The van der Waals surface area contributed by atoms with Crippen LogP contribution in [0.2, 0.25) is 0 Å². The highest BCUT2D eigenvalue weighted by Crippen LogP contribution is 2.36. The Morgan fingerprint density at radius 1 is 0.781 bits per heavy atom. The second kappa shape index (κ2) is 8.28. The lowest BCUT2D eigenvalue weighted by Gasteiger charge is -2.10. The zero-order valence-electron chi connectivity index (χ0n) is 16.9. The minimum Gasteiger partial charge on any atom is -0.457 e. The van der Waals surface area contributed by atoms with E-state index in [1.54, 1.807) is 54.6 Å². The van der Waals surface area contributed by atoms with Crippen LogP contribution in [0.4, 0.5) is 11.4 Å². The fourth-order valence-corrected chi connectivity index (χ4v) is 3.34. The molecule has 0 fully saturated rings. The van der Waals surface area contributed by atoms with Crippen molar-refractivity contribution in [3.63, 3.8) is 0 Å². The molecule has 6 nitrogen and oxygen atoms in total. The molecule has 0 radical (unpaired) electrons. The number of amides is 2. The minimum atomic E-state index is -0.302. The standard InChI is InChI=1S/C26H18N2O4/c29-25(17-10-13-20(14-11-17)31-19-6-2-1-3-7-19)27-18-12-15-23-21(16-18)26(30)28-22-8-4-5-9-24(22)32-23/h1-16H,(H,27,29)(H,28,30). The highest BCUT2D eigenvalue weighted by Gasteiger charge is 2.21. The van der Waals surface area contributed by atoms with Crippen LogP contribution in [0.5, 0.6) is 23.0 Å². The number of hydrogen-bond donors (Lipinski definition) is 2. The van der Waals surface area contributed by atoms with Gasteiger partial charge in [-0.15, -0.1) is 0 Å². The number of carbonyl (C=O) groups excluding carboxylic acids is 2. The van der Waals surface area contributed by atoms with Crippen molar-refractivity contribution in [2.24, 2.45) is 0 Å². The molecule has 0 saturated heterocycles. The molecule has 32 heavy (non-hydrogen) atoms. The van der Waals surface area contributed by atoms with Crippen molar-refractivity contribution in [2.75, 3.05) is 10.6 Å². The number of fused-ring (bicyclic) bond motifs is 2. The molecule has 4 aromatic rings. The first-order valence-electron chi connectivity index (χ1n) is 10.0.